The third kappa shape index (κ3) is 3.53. The molecule has 26 heavy (non-hydrogen) atoms. The number of aromatic nitrogens is 4. The molecule has 3 rings (SSSR count). The fraction of sp³-hybridized carbons (Fsp3) is 0.375. The van der Waals surface area contributed by atoms with Crippen LogP contribution >= 0.6 is 0 Å². The molecule has 3 amide bonds. The second kappa shape index (κ2) is 7.30. The van der Waals surface area contributed by atoms with Gasteiger partial charge in [-0.25, -0.2) is 9.48 Å². The standard InChI is InChI=1S/C16H18N6O4/c1-20-15(11-4-2-3-7-17-11)19-22(16(20)26)9-8-18-12(23)10-21-13(24)5-6-14(21)25/h2-4,7H,5-6,8-10H2,1H3,(H,18,23). The van der Waals surface area contributed by atoms with Gasteiger partial charge in [0.05, 0.1) is 6.54 Å². The number of nitrogens with one attached hydrogen (secondary N) is 1. The highest BCUT2D eigenvalue weighted by Crippen LogP contribution is 2.11. The third-order valence-corrected chi connectivity index (χ3v) is 4.04. The van der Waals surface area contributed by atoms with E-state index in [0.29, 0.717) is 11.5 Å². The van der Waals surface area contributed by atoms with Gasteiger partial charge in [0.2, 0.25) is 17.7 Å². The van der Waals surface area contributed by atoms with Gasteiger partial charge in [-0.2, -0.15) is 0 Å². The van der Waals surface area contributed by atoms with Gasteiger partial charge in [0.1, 0.15) is 12.2 Å². The summed E-state index contributed by atoms with van der Waals surface area (Å²) in [4.78, 5) is 52.2. The molecule has 0 aromatic carbocycles. The van der Waals surface area contributed by atoms with Crippen molar-refractivity contribution in [1.29, 1.82) is 0 Å². The van der Waals surface area contributed by atoms with Crippen LogP contribution in [0.1, 0.15) is 12.8 Å². The Morgan fingerprint density at radius 1 is 1.19 bits per heavy atom. The first-order valence-corrected chi connectivity index (χ1v) is 8.12. The van der Waals surface area contributed by atoms with Crippen LogP contribution in [0.5, 0.6) is 0 Å². The Morgan fingerprint density at radius 2 is 1.92 bits per heavy atom. The van der Waals surface area contributed by atoms with E-state index in [1.165, 1.54) is 9.25 Å². The fourth-order valence-corrected chi connectivity index (χ4v) is 2.65. The summed E-state index contributed by atoms with van der Waals surface area (Å²) in [5.41, 5.74) is 0.241. The summed E-state index contributed by atoms with van der Waals surface area (Å²) in [6, 6.07) is 5.31. The SMILES string of the molecule is Cn1c(-c2ccccn2)nn(CCNC(=O)CN2C(=O)CCC2=O)c1=O. The van der Waals surface area contributed by atoms with Crippen LogP contribution in [0.25, 0.3) is 11.5 Å². The number of imide groups is 1. The lowest BCUT2D eigenvalue weighted by atomic mass is 10.3. The van der Waals surface area contributed by atoms with Gasteiger partial charge >= 0.3 is 5.69 Å². The number of rotatable bonds is 6. The topological polar surface area (TPSA) is 119 Å². The van der Waals surface area contributed by atoms with Crippen molar-refractivity contribution in [3.8, 4) is 11.5 Å². The van der Waals surface area contributed by atoms with E-state index in [1.807, 2.05) is 0 Å². The van der Waals surface area contributed by atoms with Crippen molar-refractivity contribution >= 4 is 17.7 Å². The molecule has 0 spiro atoms. The minimum Gasteiger partial charge on any atom is -0.353 e. The molecule has 0 bridgehead atoms. The highest BCUT2D eigenvalue weighted by Gasteiger charge is 2.30. The molecule has 3 heterocycles. The van der Waals surface area contributed by atoms with Crippen molar-refractivity contribution in [2.75, 3.05) is 13.1 Å². The molecule has 0 unspecified atom stereocenters. The van der Waals surface area contributed by atoms with Gasteiger partial charge in [-0.15, -0.1) is 5.10 Å². The molecule has 2 aromatic rings. The van der Waals surface area contributed by atoms with Crippen LogP contribution in [0.4, 0.5) is 0 Å². The van der Waals surface area contributed by atoms with E-state index in [1.54, 1.807) is 31.4 Å². The molecule has 10 nitrogen and oxygen atoms in total. The Morgan fingerprint density at radius 3 is 2.58 bits per heavy atom. The predicted octanol–water partition coefficient (Wildman–Crippen LogP) is -1.09. The summed E-state index contributed by atoms with van der Waals surface area (Å²) >= 11 is 0. The monoisotopic (exact) mass is 358 g/mol. The van der Waals surface area contributed by atoms with Crippen molar-refractivity contribution in [2.24, 2.45) is 7.05 Å². The number of pyridine rings is 1. The number of carbonyl (C=O) groups excluding carboxylic acids is 3. The molecular formula is C16H18N6O4. The van der Waals surface area contributed by atoms with Crippen molar-refractivity contribution in [1.82, 2.24) is 29.5 Å². The Hall–Kier alpha value is -3.30. The molecule has 1 aliphatic rings. The number of likely N-dealkylation sites (tertiary alicyclic amines) is 1. The van der Waals surface area contributed by atoms with Gasteiger partial charge in [0, 0.05) is 32.6 Å². The molecule has 1 saturated heterocycles. The lowest BCUT2D eigenvalue weighted by Crippen LogP contribution is -2.41. The maximum Gasteiger partial charge on any atom is 0.346 e. The molecule has 1 N–H and O–H groups in total. The highest BCUT2D eigenvalue weighted by atomic mass is 16.2. The van der Waals surface area contributed by atoms with Crippen LogP contribution < -0.4 is 11.0 Å². The van der Waals surface area contributed by atoms with Crippen molar-refractivity contribution < 1.29 is 14.4 Å². The normalized spacial score (nSPS) is 14.1. The summed E-state index contributed by atoms with van der Waals surface area (Å²) in [7, 11) is 1.60. The van der Waals surface area contributed by atoms with Gasteiger partial charge in [0.25, 0.3) is 0 Å². The fourth-order valence-electron chi connectivity index (χ4n) is 2.65. The first-order chi connectivity index (χ1) is 12.5. The zero-order chi connectivity index (χ0) is 18.7. The number of hydrogen-bond acceptors (Lipinski definition) is 6. The summed E-state index contributed by atoms with van der Waals surface area (Å²) in [6.07, 6.45) is 1.90. The van der Waals surface area contributed by atoms with Gasteiger partial charge in [-0.1, -0.05) is 6.07 Å². The van der Waals surface area contributed by atoms with E-state index in [0.717, 1.165) is 4.90 Å². The Balaban J connectivity index is 1.59. The van der Waals surface area contributed by atoms with E-state index in [9.17, 15) is 19.2 Å². The number of amides is 3. The smallest absolute Gasteiger partial charge is 0.346 e. The van der Waals surface area contributed by atoms with Crippen molar-refractivity contribution in [3.63, 3.8) is 0 Å². The summed E-state index contributed by atoms with van der Waals surface area (Å²) < 4.78 is 2.61. The quantitative estimate of drug-likeness (QED) is 0.655. The molecule has 0 saturated carbocycles. The van der Waals surface area contributed by atoms with Crippen LogP contribution in [-0.2, 0) is 28.0 Å². The molecule has 0 radical (unpaired) electrons. The van der Waals surface area contributed by atoms with Gasteiger partial charge in [-0.05, 0) is 12.1 Å². The largest absolute Gasteiger partial charge is 0.353 e. The molecule has 0 aliphatic carbocycles. The van der Waals surface area contributed by atoms with E-state index in [2.05, 4.69) is 15.4 Å². The number of hydrogen-bond donors (Lipinski definition) is 1. The second-order valence-electron chi connectivity index (χ2n) is 5.83. The highest BCUT2D eigenvalue weighted by molar-refractivity contribution is 6.04. The summed E-state index contributed by atoms with van der Waals surface area (Å²) in [5.74, 6) is -0.713. The Labute approximate surface area is 148 Å². The third-order valence-electron chi connectivity index (χ3n) is 4.04. The Kier molecular flexibility index (Phi) is 4.92. The minimum atomic E-state index is -0.456. The van der Waals surface area contributed by atoms with E-state index in [4.69, 9.17) is 0 Å². The second-order valence-corrected chi connectivity index (χ2v) is 5.83. The van der Waals surface area contributed by atoms with E-state index < -0.39 is 5.91 Å². The molecule has 0 atom stereocenters. The first kappa shape index (κ1) is 17.5. The zero-order valence-electron chi connectivity index (χ0n) is 14.2. The van der Waals surface area contributed by atoms with Gasteiger partial charge in [0.15, 0.2) is 5.82 Å². The van der Waals surface area contributed by atoms with E-state index >= 15 is 0 Å². The van der Waals surface area contributed by atoms with Gasteiger partial charge in [-0.3, -0.25) is 28.8 Å². The predicted molar refractivity (Wildman–Crippen MR) is 89.7 cm³/mol. The average molecular weight is 358 g/mol. The molecule has 136 valence electrons. The average Bonchev–Trinajstić information content (AvgIpc) is 3.10. The van der Waals surface area contributed by atoms with Crippen LogP contribution in [0.3, 0.4) is 0 Å². The summed E-state index contributed by atoms with van der Waals surface area (Å²) in [6.45, 7) is 0.00867. The van der Waals surface area contributed by atoms with Crippen molar-refractivity contribution in [3.05, 3.63) is 34.9 Å². The lowest BCUT2D eigenvalue weighted by molar-refractivity contribution is -0.142. The van der Waals surface area contributed by atoms with Crippen LogP contribution in [0.15, 0.2) is 29.2 Å². The number of carbonyl (C=O) groups is 3. The van der Waals surface area contributed by atoms with Gasteiger partial charge < -0.3 is 5.32 Å². The van der Waals surface area contributed by atoms with Crippen LogP contribution in [0, 0.1) is 0 Å². The maximum atomic E-state index is 12.2. The molecule has 1 aliphatic heterocycles. The van der Waals surface area contributed by atoms with E-state index in [-0.39, 0.29) is 50.0 Å². The molecule has 2 aromatic heterocycles. The first-order valence-electron chi connectivity index (χ1n) is 8.12. The lowest BCUT2D eigenvalue weighted by Gasteiger charge is -2.13. The summed E-state index contributed by atoms with van der Waals surface area (Å²) in [5, 5.41) is 6.82. The van der Waals surface area contributed by atoms with Crippen molar-refractivity contribution in [2.45, 2.75) is 19.4 Å². The minimum absolute atomic E-state index is 0.145. The number of nitrogens with zero attached hydrogens (tertiary/aromatic N) is 5. The van der Waals surface area contributed by atoms with Crippen LogP contribution in [0.2, 0.25) is 0 Å². The maximum absolute atomic E-state index is 12.2. The molecule has 1 fully saturated rings. The molecular weight excluding hydrogens is 340 g/mol. The molecule has 10 heteroatoms. The Bertz CT molecular complexity index is 885. The zero-order valence-corrected chi connectivity index (χ0v) is 14.2. The van der Waals surface area contributed by atoms with Crippen LogP contribution in [-0.4, -0.2) is 55.0 Å².